The standard InChI is InChI=1S/C19H30N4O/c1-4-22(3)19(24)9-11-20-18-7-5-17(6-8-18)10-12-23-15-13-21(2)14-16-23/h5-9,11,20H,4,10,12-16H2,1-3H3/b11-9-. The van der Waals surface area contributed by atoms with Gasteiger partial charge in [-0.15, -0.1) is 0 Å². The molecule has 0 saturated carbocycles. The van der Waals surface area contributed by atoms with E-state index in [1.807, 2.05) is 6.92 Å². The van der Waals surface area contributed by atoms with E-state index >= 15 is 0 Å². The van der Waals surface area contributed by atoms with E-state index in [4.69, 9.17) is 0 Å². The molecule has 132 valence electrons. The number of nitrogens with zero attached hydrogens (tertiary/aromatic N) is 3. The van der Waals surface area contributed by atoms with Gasteiger partial charge < -0.3 is 20.0 Å². The second kappa shape index (κ2) is 9.45. The van der Waals surface area contributed by atoms with Crippen LogP contribution in [0, 0.1) is 0 Å². The molecule has 1 aromatic carbocycles. The minimum Gasteiger partial charge on any atom is -0.361 e. The molecule has 0 spiro atoms. The minimum atomic E-state index is 0.00814. The maximum atomic E-state index is 11.7. The van der Waals surface area contributed by atoms with Crippen molar-refractivity contribution in [3.63, 3.8) is 0 Å². The molecule has 1 aliphatic rings. The summed E-state index contributed by atoms with van der Waals surface area (Å²) in [5.74, 6) is 0.00814. The van der Waals surface area contributed by atoms with Crippen LogP contribution in [0.25, 0.3) is 0 Å². The molecule has 1 aromatic rings. The van der Waals surface area contributed by atoms with E-state index in [0.29, 0.717) is 6.54 Å². The second-order valence-corrected chi connectivity index (χ2v) is 6.42. The smallest absolute Gasteiger partial charge is 0.247 e. The summed E-state index contributed by atoms with van der Waals surface area (Å²) in [6.07, 6.45) is 4.35. The SMILES string of the molecule is CCN(C)C(=O)/C=C\Nc1ccc(CCN2CCN(C)CC2)cc1. The summed E-state index contributed by atoms with van der Waals surface area (Å²) >= 11 is 0. The number of amides is 1. The molecular weight excluding hydrogens is 300 g/mol. The summed E-state index contributed by atoms with van der Waals surface area (Å²) < 4.78 is 0. The van der Waals surface area contributed by atoms with E-state index in [9.17, 15) is 4.79 Å². The third kappa shape index (κ3) is 5.98. The zero-order valence-corrected chi connectivity index (χ0v) is 15.2. The first-order valence-corrected chi connectivity index (χ1v) is 8.76. The van der Waals surface area contributed by atoms with E-state index < -0.39 is 0 Å². The Morgan fingerprint density at radius 2 is 1.88 bits per heavy atom. The summed E-state index contributed by atoms with van der Waals surface area (Å²) in [6, 6.07) is 8.45. The van der Waals surface area contributed by atoms with Crippen LogP contribution >= 0.6 is 0 Å². The highest BCUT2D eigenvalue weighted by molar-refractivity contribution is 5.87. The van der Waals surface area contributed by atoms with Crippen LogP contribution in [0.15, 0.2) is 36.5 Å². The lowest BCUT2D eigenvalue weighted by Gasteiger charge is -2.32. The number of nitrogens with one attached hydrogen (secondary N) is 1. The summed E-state index contributed by atoms with van der Waals surface area (Å²) in [5.41, 5.74) is 2.35. The van der Waals surface area contributed by atoms with E-state index in [1.54, 1.807) is 24.2 Å². The molecule has 24 heavy (non-hydrogen) atoms. The number of carbonyl (C=O) groups is 1. The highest BCUT2D eigenvalue weighted by atomic mass is 16.2. The highest BCUT2D eigenvalue weighted by Gasteiger charge is 2.12. The number of anilines is 1. The fourth-order valence-corrected chi connectivity index (χ4v) is 2.62. The minimum absolute atomic E-state index is 0.00814. The van der Waals surface area contributed by atoms with Crippen LogP contribution < -0.4 is 5.32 Å². The van der Waals surface area contributed by atoms with Gasteiger partial charge in [0.15, 0.2) is 0 Å². The van der Waals surface area contributed by atoms with Crippen LogP contribution in [0.4, 0.5) is 5.69 Å². The highest BCUT2D eigenvalue weighted by Crippen LogP contribution is 2.11. The van der Waals surface area contributed by atoms with Crippen LogP contribution in [-0.2, 0) is 11.2 Å². The molecule has 0 radical (unpaired) electrons. The van der Waals surface area contributed by atoms with Gasteiger partial charge in [0, 0.05) is 64.3 Å². The molecule has 0 unspecified atom stereocenters. The Hall–Kier alpha value is -1.85. The fourth-order valence-electron chi connectivity index (χ4n) is 2.62. The average Bonchev–Trinajstić information content (AvgIpc) is 2.61. The molecule has 2 rings (SSSR count). The van der Waals surface area contributed by atoms with Gasteiger partial charge >= 0.3 is 0 Å². The summed E-state index contributed by atoms with van der Waals surface area (Å²) in [6.45, 7) is 8.47. The Bertz CT molecular complexity index is 533. The van der Waals surface area contributed by atoms with Gasteiger partial charge in [0.05, 0.1) is 0 Å². The molecule has 1 amide bonds. The monoisotopic (exact) mass is 330 g/mol. The fraction of sp³-hybridized carbons (Fsp3) is 0.526. The number of benzene rings is 1. The Morgan fingerprint density at radius 1 is 1.21 bits per heavy atom. The number of hydrogen-bond donors (Lipinski definition) is 1. The molecule has 0 bridgehead atoms. The molecule has 5 heteroatoms. The number of hydrogen-bond acceptors (Lipinski definition) is 4. The first-order valence-electron chi connectivity index (χ1n) is 8.76. The van der Waals surface area contributed by atoms with Crippen molar-refractivity contribution in [3.8, 4) is 0 Å². The molecule has 1 aliphatic heterocycles. The van der Waals surface area contributed by atoms with Gasteiger partial charge in [0.2, 0.25) is 5.91 Å². The Kier molecular flexibility index (Phi) is 7.28. The van der Waals surface area contributed by atoms with Gasteiger partial charge in [-0.05, 0) is 38.1 Å². The third-order valence-corrected chi connectivity index (χ3v) is 4.59. The van der Waals surface area contributed by atoms with E-state index in [-0.39, 0.29) is 5.91 Å². The number of carbonyl (C=O) groups excluding carboxylic acids is 1. The van der Waals surface area contributed by atoms with Crippen molar-refractivity contribution in [2.45, 2.75) is 13.3 Å². The van der Waals surface area contributed by atoms with Gasteiger partial charge in [-0.3, -0.25) is 4.79 Å². The Labute approximate surface area is 145 Å². The molecule has 0 aromatic heterocycles. The lowest BCUT2D eigenvalue weighted by molar-refractivity contribution is -0.124. The summed E-state index contributed by atoms with van der Waals surface area (Å²) in [7, 11) is 3.98. The molecule has 1 heterocycles. The summed E-state index contributed by atoms with van der Waals surface area (Å²) in [5, 5.41) is 3.15. The van der Waals surface area contributed by atoms with Crippen LogP contribution in [0.2, 0.25) is 0 Å². The van der Waals surface area contributed by atoms with Crippen molar-refractivity contribution in [1.29, 1.82) is 0 Å². The van der Waals surface area contributed by atoms with Gasteiger partial charge in [0.1, 0.15) is 0 Å². The Morgan fingerprint density at radius 3 is 2.50 bits per heavy atom. The quantitative estimate of drug-likeness (QED) is 0.775. The van der Waals surface area contributed by atoms with Crippen molar-refractivity contribution in [1.82, 2.24) is 14.7 Å². The van der Waals surface area contributed by atoms with Crippen molar-refractivity contribution >= 4 is 11.6 Å². The first kappa shape index (κ1) is 18.5. The van der Waals surface area contributed by atoms with Crippen molar-refractivity contribution in [3.05, 3.63) is 42.1 Å². The topological polar surface area (TPSA) is 38.8 Å². The number of likely N-dealkylation sites (N-methyl/N-ethyl adjacent to an activating group) is 2. The molecule has 5 nitrogen and oxygen atoms in total. The molecule has 0 aliphatic carbocycles. The normalized spacial score (nSPS) is 16.5. The number of piperazine rings is 1. The largest absolute Gasteiger partial charge is 0.361 e. The predicted molar refractivity (Wildman–Crippen MR) is 100 cm³/mol. The maximum Gasteiger partial charge on any atom is 0.247 e. The van der Waals surface area contributed by atoms with Crippen LogP contribution in [0.1, 0.15) is 12.5 Å². The Balaban J connectivity index is 1.74. The second-order valence-electron chi connectivity index (χ2n) is 6.42. The van der Waals surface area contributed by atoms with E-state index in [2.05, 4.69) is 46.4 Å². The van der Waals surface area contributed by atoms with Gasteiger partial charge in [-0.25, -0.2) is 0 Å². The van der Waals surface area contributed by atoms with E-state index in [0.717, 1.165) is 18.7 Å². The van der Waals surface area contributed by atoms with Gasteiger partial charge in [-0.1, -0.05) is 12.1 Å². The predicted octanol–water partition coefficient (Wildman–Crippen LogP) is 1.88. The number of rotatable bonds is 7. The molecular formula is C19H30N4O. The van der Waals surface area contributed by atoms with E-state index in [1.165, 1.54) is 31.7 Å². The van der Waals surface area contributed by atoms with Crippen molar-refractivity contribution in [2.75, 3.05) is 58.7 Å². The van der Waals surface area contributed by atoms with Crippen LogP contribution in [0.3, 0.4) is 0 Å². The van der Waals surface area contributed by atoms with Crippen LogP contribution in [-0.4, -0.2) is 74.0 Å². The lowest BCUT2D eigenvalue weighted by Crippen LogP contribution is -2.45. The van der Waals surface area contributed by atoms with Crippen LogP contribution in [0.5, 0.6) is 0 Å². The van der Waals surface area contributed by atoms with Gasteiger partial charge in [-0.2, -0.15) is 0 Å². The first-order chi connectivity index (χ1) is 11.6. The molecule has 1 saturated heterocycles. The maximum absolute atomic E-state index is 11.7. The molecule has 1 fully saturated rings. The van der Waals surface area contributed by atoms with Gasteiger partial charge in [0.25, 0.3) is 0 Å². The average molecular weight is 330 g/mol. The molecule has 0 atom stereocenters. The summed E-state index contributed by atoms with van der Waals surface area (Å²) in [4.78, 5) is 18.2. The van der Waals surface area contributed by atoms with Crippen molar-refractivity contribution in [2.24, 2.45) is 0 Å². The zero-order valence-electron chi connectivity index (χ0n) is 15.2. The zero-order chi connectivity index (χ0) is 17.4. The molecule has 1 N–H and O–H groups in total. The third-order valence-electron chi connectivity index (χ3n) is 4.59. The lowest BCUT2D eigenvalue weighted by atomic mass is 10.1. The van der Waals surface area contributed by atoms with Crippen molar-refractivity contribution < 1.29 is 4.79 Å².